The van der Waals surface area contributed by atoms with Crippen LogP contribution in [0.3, 0.4) is 0 Å². The summed E-state index contributed by atoms with van der Waals surface area (Å²) in [5.41, 5.74) is 12.6. The van der Waals surface area contributed by atoms with Crippen LogP contribution in [0, 0.1) is 0 Å². The maximum atomic E-state index is 3.36. The van der Waals surface area contributed by atoms with E-state index in [0.29, 0.717) is 0 Å². The Balaban J connectivity index is 1.53. The van der Waals surface area contributed by atoms with Crippen LogP contribution in [0.5, 0.6) is 0 Å². The molecule has 0 aromatic heterocycles. The molecule has 3 aromatic carbocycles. The second kappa shape index (κ2) is 9.58. The number of allylic oxidation sites excluding steroid dienone is 1. The van der Waals surface area contributed by atoms with Gasteiger partial charge >= 0.3 is 0 Å². The van der Waals surface area contributed by atoms with Crippen molar-refractivity contribution in [3.63, 3.8) is 0 Å². The monoisotopic (exact) mass is 379 g/mol. The summed E-state index contributed by atoms with van der Waals surface area (Å²) in [5, 5.41) is 2.16. The fraction of sp³-hybridized carbons (Fsp3) is 0.0769. The van der Waals surface area contributed by atoms with E-state index in [9.17, 15) is 0 Å². The highest BCUT2D eigenvalue weighted by Gasteiger charge is 2.21. The van der Waals surface area contributed by atoms with Crippen LogP contribution in [0.1, 0.15) is 23.1 Å². The Labute approximate surface area is 172 Å². The van der Waals surface area contributed by atoms with Gasteiger partial charge in [-0.15, -0.1) is 5.53 Å². The zero-order valence-corrected chi connectivity index (χ0v) is 16.3. The van der Waals surface area contributed by atoms with E-state index < -0.39 is 0 Å². The van der Waals surface area contributed by atoms with Crippen molar-refractivity contribution in [1.29, 1.82) is 0 Å². The first-order valence-corrected chi connectivity index (χ1v) is 9.91. The summed E-state index contributed by atoms with van der Waals surface area (Å²) in [6, 6.07) is 31.2. The van der Waals surface area contributed by atoms with Crippen molar-refractivity contribution in [1.82, 2.24) is 16.0 Å². The molecule has 1 aliphatic rings. The van der Waals surface area contributed by atoms with E-state index in [0.717, 1.165) is 18.7 Å². The van der Waals surface area contributed by atoms with Gasteiger partial charge in [0.25, 0.3) is 0 Å². The lowest BCUT2D eigenvalue weighted by atomic mass is 10.1. The molecule has 0 saturated carbocycles. The summed E-state index contributed by atoms with van der Waals surface area (Å²) in [4.78, 5) is 0. The molecule has 3 aromatic rings. The molecule has 144 valence electrons. The number of nitrogens with zero attached hydrogens (tertiary/aromatic N) is 1. The van der Waals surface area contributed by atoms with Gasteiger partial charge in [-0.3, -0.25) is 5.01 Å². The third-order valence-corrected chi connectivity index (χ3v) is 4.81. The maximum absolute atomic E-state index is 3.36. The molecule has 0 radical (unpaired) electrons. The highest BCUT2D eigenvalue weighted by atomic mass is 15.7. The average Bonchev–Trinajstić information content (AvgIpc) is 3.18. The third-order valence-electron chi connectivity index (χ3n) is 4.81. The molecule has 2 N–H and O–H groups in total. The Hall–Kier alpha value is -3.56. The Bertz CT molecular complexity index is 990. The summed E-state index contributed by atoms with van der Waals surface area (Å²) in [7, 11) is 0. The van der Waals surface area contributed by atoms with Crippen LogP contribution in [0.4, 0.5) is 0 Å². The Kier molecular flexibility index (Phi) is 6.21. The molecule has 0 amide bonds. The first-order valence-electron chi connectivity index (χ1n) is 9.91. The van der Waals surface area contributed by atoms with Gasteiger partial charge in [0.15, 0.2) is 0 Å². The number of nitrogens with one attached hydrogen (secondary N) is 2. The normalized spacial score (nSPS) is 14.1. The summed E-state index contributed by atoms with van der Waals surface area (Å²) in [6.45, 7) is 0.771. The van der Waals surface area contributed by atoms with Crippen LogP contribution < -0.4 is 11.0 Å². The van der Waals surface area contributed by atoms with Crippen molar-refractivity contribution in [3.05, 3.63) is 126 Å². The fourth-order valence-electron chi connectivity index (χ4n) is 3.34. The van der Waals surface area contributed by atoms with Crippen molar-refractivity contribution in [2.24, 2.45) is 0 Å². The SMILES string of the molecule is C(=C\c1ccccc1)/CC1=C(c2ccccc2)NNN1C/C=C/c1ccccc1. The van der Waals surface area contributed by atoms with Gasteiger partial charge < -0.3 is 5.43 Å². The Morgan fingerprint density at radius 3 is 1.83 bits per heavy atom. The zero-order chi connectivity index (χ0) is 19.7. The van der Waals surface area contributed by atoms with Crippen LogP contribution >= 0.6 is 0 Å². The van der Waals surface area contributed by atoms with Gasteiger partial charge in [0, 0.05) is 12.0 Å². The molecule has 0 atom stereocenters. The topological polar surface area (TPSA) is 27.3 Å². The standard InChI is InChI=1S/C26H25N3/c1-4-12-22(13-5-1)16-10-20-25-26(24-18-8-3-9-19-24)27-28-29(25)21-11-17-23-14-6-2-7-15-23/h1-19,27-28H,20-21H2/b16-10+,17-11+. The number of rotatable bonds is 7. The predicted octanol–water partition coefficient (Wildman–Crippen LogP) is 5.50. The van der Waals surface area contributed by atoms with Crippen molar-refractivity contribution >= 4 is 17.8 Å². The van der Waals surface area contributed by atoms with E-state index >= 15 is 0 Å². The molecule has 0 saturated heterocycles. The molecule has 0 fully saturated rings. The molecule has 3 heteroatoms. The van der Waals surface area contributed by atoms with Crippen LogP contribution in [0.15, 0.2) is 109 Å². The number of hydrogen-bond donors (Lipinski definition) is 2. The van der Waals surface area contributed by atoms with Crippen molar-refractivity contribution < 1.29 is 0 Å². The van der Waals surface area contributed by atoms with Crippen molar-refractivity contribution in [3.8, 4) is 0 Å². The van der Waals surface area contributed by atoms with Crippen molar-refractivity contribution in [2.45, 2.75) is 6.42 Å². The lowest BCUT2D eigenvalue weighted by Crippen LogP contribution is -2.37. The highest BCUT2D eigenvalue weighted by molar-refractivity contribution is 5.68. The fourth-order valence-corrected chi connectivity index (χ4v) is 3.34. The van der Waals surface area contributed by atoms with E-state index in [1.165, 1.54) is 22.4 Å². The largest absolute Gasteiger partial charge is 0.301 e. The molecule has 0 spiro atoms. The van der Waals surface area contributed by atoms with Gasteiger partial charge in [0.05, 0.1) is 17.9 Å². The maximum Gasteiger partial charge on any atom is 0.0787 e. The van der Waals surface area contributed by atoms with E-state index in [4.69, 9.17) is 0 Å². The highest BCUT2D eigenvalue weighted by Crippen LogP contribution is 2.25. The summed E-state index contributed by atoms with van der Waals surface area (Å²) >= 11 is 0. The number of benzene rings is 3. The first-order chi connectivity index (χ1) is 14.4. The van der Waals surface area contributed by atoms with Gasteiger partial charge in [-0.2, -0.15) is 0 Å². The lowest BCUT2D eigenvalue weighted by molar-refractivity contribution is 0.274. The summed E-state index contributed by atoms with van der Waals surface area (Å²) in [6.07, 6.45) is 9.55. The predicted molar refractivity (Wildman–Crippen MR) is 122 cm³/mol. The zero-order valence-electron chi connectivity index (χ0n) is 16.3. The van der Waals surface area contributed by atoms with Crippen LogP contribution in [-0.2, 0) is 0 Å². The van der Waals surface area contributed by atoms with Gasteiger partial charge in [0.1, 0.15) is 0 Å². The van der Waals surface area contributed by atoms with Crippen LogP contribution in [0.2, 0.25) is 0 Å². The second-order valence-corrected chi connectivity index (χ2v) is 6.87. The third kappa shape index (κ3) is 5.03. The average molecular weight is 380 g/mol. The lowest BCUT2D eigenvalue weighted by Gasteiger charge is -2.18. The summed E-state index contributed by atoms with van der Waals surface area (Å²) in [5.74, 6) is 0. The van der Waals surface area contributed by atoms with E-state index in [-0.39, 0.29) is 0 Å². The van der Waals surface area contributed by atoms with E-state index in [1.807, 2.05) is 18.2 Å². The molecular weight excluding hydrogens is 354 g/mol. The molecule has 0 unspecified atom stereocenters. The summed E-state index contributed by atoms with van der Waals surface area (Å²) < 4.78 is 0. The van der Waals surface area contributed by atoms with Gasteiger partial charge in [-0.1, -0.05) is 115 Å². The van der Waals surface area contributed by atoms with Gasteiger partial charge in [-0.25, -0.2) is 0 Å². The minimum absolute atomic E-state index is 0.771. The smallest absolute Gasteiger partial charge is 0.0787 e. The Morgan fingerprint density at radius 1 is 0.655 bits per heavy atom. The van der Waals surface area contributed by atoms with Crippen molar-refractivity contribution in [2.75, 3.05) is 6.54 Å². The minimum Gasteiger partial charge on any atom is -0.301 e. The molecule has 0 bridgehead atoms. The molecule has 3 nitrogen and oxygen atoms in total. The second-order valence-electron chi connectivity index (χ2n) is 6.87. The number of hydrazine groups is 2. The molecular formula is C26H25N3. The van der Waals surface area contributed by atoms with E-state index in [1.54, 1.807) is 0 Å². The number of hydrogen-bond acceptors (Lipinski definition) is 3. The molecule has 29 heavy (non-hydrogen) atoms. The van der Waals surface area contributed by atoms with Gasteiger partial charge in [-0.05, 0) is 11.1 Å². The molecule has 1 aliphatic heterocycles. The quantitative estimate of drug-likeness (QED) is 0.568. The molecule has 1 heterocycles. The molecule has 0 aliphatic carbocycles. The van der Waals surface area contributed by atoms with Gasteiger partial charge in [0.2, 0.25) is 0 Å². The first kappa shape index (κ1) is 18.8. The Morgan fingerprint density at radius 2 is 1.21 bits per heavy atom. The van der Waals surface area contributed by atoms with E-state index in [2.05, 4.69) is 113 Å². The minimum atomic E-state index is 0.771. The van der Waals surface area contributed by atoms with Crippen LogP contribution in [-0.4, -0.2) is 11.6 Å². The van der Waals surface area contributed by atoms with Crippen LogP contribution in [0.25, 0.3) is 17.8 Å². The molecule has 4 rings (SSSR count).